The van der Waals surface area contributed by atoms with Gasteiger partial charge >= 0.3 is 0 Å². The molecule has 0 N–H and O–H groups in total. The Hall–Kier alpha value is -2.30. The van der Waals surface area contributed by atoms with Gasteiger partial charge in [0.05, 0.1) is 36.1 Å². The Morgan fingerprint density at radius 2 is 1.75 bits per heavy atom. The molecule has 2 aromatic carbocycles. The van der Waals surface area contributed by atoms with Crippen molar-refractivity contribution in [2.24, 2.45) is 4.99 Å². The molecule has 0 bridgehead atoms. The van der Waals surface area contributed by atoms with Gasteiger partial charge in [-0.1, -0.05) is 29.8 Å². The summed E-state index contributed by atoms with van der Waals surface area (Å²) < 4.78 is 40.0. The number of aryl methyl sites for hydroxylation is 1. The van der Waals surface area contributed by atoms with E-state index in [9.17, 15) is 8.42 Å². The van der Waals surface area contributed by atoms with Crippen LogP contribution in [0.2, 0.25) is 0 Å². The third kappa shape index (κ3) is 5.02. The van der Waals surface area contributed by atoms with Crippen molar-refractivity contribution in [2.45, 2.75) is 18.4 Å². The van der Waals surface area contributed by atoms with Gasteiger partial charge in [-0.2, -0.15) is 4.31 Å². The van der Waals surface area contributed by atoms with Crippen LogP contribution < -0.4 is 4.80 Å². The quantitative estimate of drug-likeness (QED) is 0.527. The van der Waals surface area contributed by atoms with Crippen LogP contribution in [0.3, 0.4) is 0 Å². The second-order valence-electron chi connectivity index (χ2n) is 7.54. The average Bonchev–Trinajstić information content (AvgIpc) is 3.22. The fraction of sp³-hybridized carbons (Fsp3) is 0.348. The second-order valence-corrected chi connectivity index (χ2v) is 10.3. The van der Waals surface area contributed by atoms with Crippen LogP contribution >= 0.6 is 11.3 Å². The zero-order valence-corrected chi connectivity index (χ0v) is 19.9. The van der Waals surface area contributed by atoms with Crippen molar-refractivity contribution in [3.63, 3.8) is 0 Å². The van der Waals surface area contributed by atoms with E-state index in [1.54, 1.807) is 30.6 Å². The number of ether oxygens (including phenoxy) is 2. The van der Waals surface area contributed by atoms with E-state index in [1.165, 1.54) is 9.87 Å². The van der Waals surface area contributed by atoms with Crippen LogP contribution in [-0.4, -0.2) is 57.3 Å². The highest BCUT2D eigenvalue weighted by atomic mass is 32.2. The summed E-state index contributed by atoms with van der Waals surface area (Å²) in [5, 5.41) is 2.05. The van der Waals surface area contributed by atoms with Crippen molar-refractivity contribution < 1.29 is 17.9 Å². The van der Waals surface area contributed by atoms with Crippen LogP contribution in [0.5, 0.6) is 0 Å². The van der Waals surface area contributed by atoms with Crippen molar-refractivity contribution in [3.05, 3.63) is 64.3 Å². The number of benzene rings is 2. The highest BCUT2D eigenvalue weighted by Gasteiger charge is 2.26. The lowest BCUT2D eigenvalue weighted by Crippen LogP contribution is -2.40. The highest BCUT2D eigenvalue weighted by molar-refractivity contribution is 7.89. The smallest absolute Gasteiger partial charge is 0.243 e. The predicted molar refractivity (Wildman–Crippen MR) is 126 cm³/mol. The Bertz CT molecular complexity index is 1210. The monoisotopic (exact) mass is 473 g/mol. The van der Waals surface area contributed by atoms with Crippen molar-refractivity contribution in [3.8, 4) is 11.3 Å². The molecule has 1 saturated heterocycles. The molecule has 0 amide bonds. The van der Waals surface area contributed by atoms with Crippen LogP contribution in [0.25, 0.3) is 11.3 Å². The minimum atomic E-state index is -3.51. The Labute approximate surface area is 192 Å². The molecule has 1 fully saturated rings. The fourth-order valence-corrected chi connectivity index (χ4v) is 5.87. The normalized spacial score (nSPS) is 15.9. The molecule has 1 aliphatic rings. The number of hydrogen-bond acceptors (Lipinski definition) is 6. The molecule has 0 aliphatic carbocycles. The molecule has 170 valence electrons. The molecule has 32 heavy (non-hydrogen) atoms. The van der Waals surface area contributed by atoms with Gasteiger partial charge in [0, 0.05) is 32.1 Å². The van der Waals surface area contributed by atoms with Gasteiger partial charge in [0.1, 0.15) is 0 Å². The SMILES string of the molecule is COCCn1c(-c2ccc(S(=O)(=O)N3CCOCC3)cc2)csc1=Nc1ccc(C)cc1. The summed E-state index contributed by atoms with van der Waals surface area (Å²) in [5.74, 6) is 0. The number of aromatic nitrogens is 1. The van der Waals surface area contributed by atoms with E-state index in [1.807, 2.05) is 41.8 Å². The molecule has 1 aliphatic heterocycles. The maximum Gasteiger partial charge on any atom is 0.243 e. The van der Waals surface area contributed by atoms with Crippen LogP contribution in [0, 0.1) is 6.92 Å². The van der Waals surface area contributed by atoms with Gasteiger partial charge in [-0.15, -0.1) is 11.3 Å². The van der Waals surface area contributed by atoms with Gasteiger partial charge in [0.15, 0.2) is 4.80 Å². The Morgan fingerprint density at radius 1 is 1.06 bits per heavy atom. The standard InChI is InChI=1S/C23H27N3O4S2/c1-18-3-7-20(8-4-18)24-23-26(13-14-29-2)22(17-31-23)19-5-9-21(10-6-19)32(27,28)25-11-15-30-16-12-25/h3-10,17H,11-16H2,1-2H3. The molecule has 4 rings (SSSR count). The summed E-state index contributed by atoms with van der Waals surface area (Å²) in [6.45, 7) is 4.87. The zero-order valence-electron chi connectivity index (χ0n) is 18.2. The highest BCUT2D eigenvalue weighted by Crippen LogP contribution is 2.24. The second kappa shape index (κ2) is 10.1. The first-order chi connectivity index (χ1) is 15.5. The Balaban J connectivity index is 1.67. The van der Waals surface area contributed by atoms with Gasteiger partial charge in [-0.05, 0) is 36.8 Å². The lowest BCUT2D eigenvalue weighted by Gasteiger charge is -2.26. The summed E-state index contributed by atoms with van der Waals surface area (Å²) in [7, 11) is -1.84. The lowest BCUT2D eigenvalue weighted by molar-refractivity contribution is 0.0730. The van der Waals surface area contributed by atoms with E-state index in [0.717, 1.165) is 21.7 Å². The molecule has 0 radical (unpaired) electrons. The van der Waals surface area contributed by atoms with E-state index < -0.39 is 10.0 Å². The Kier molecular flexibility index (Phi) is 7.22. The third-order valence-electron chi connectivity index (χ3n) is 5.33. The molecule has 0 saturated carbocycles. The van der Waals surface area contributed by atoms with E-state index in [-0.39, 0.29) is 0 Å². The Morgan fingerprint density at radius 3 is 2.41 bits per heavy atom. The minimum absolute atomic E-state index is 0.298. The first kappa shape index (κ1) is 22.9. The van der Waals surface area contributed by atoms with Crippen LogP contribution in [0.15, 0.2) is 63.8 Å². The summed E-state index contributed by atoms with van der Waals surface area (Å²) in [5.41, 5.74) is 3.99. The summed E-state index contributed by atoms with van der Waals surface area (Å²) >= 11 is 1.55. The predicted octanol–water partition coefficient (Wildman–Crippen LogP) is 3.42. The molecule has 2 heterocycles. The summed E-state index contributed by atoms with van der Waals surface area (Å²) in [6, 6.07) is 15.1. The fourth-order valence-electron chi connectivity index (χ4n) is 3.51. The van der Waals surface area contributed by atoms with Gasteiger partial charge in [-0.3, -0.25) is 0 Å². The number of rotatable bonds is 7. The molecule has 0 spiro atoms. The molecule has 7 nitrogen and oxygen atoms in total. The van der Waals surface area contributed by atoms with E-state index in [4.69, 9.17) is 14.5 Å². The molecule has 0 unspecified atom stereocenters. The maximum atomic E-state index is 12.9. The number of nitrogens with zero attached hydrogens (tertiary/aromatic N) is 3. The number of sulfonamides is 1. The molecule has 3 aromatic rings. The first-order valence-electron chi connectivity index (χ1n) is 10.5. The lowest BCUT2D eigenvalue weighted by atomic mass is 10.2. The van der Waals surface area contributed by atoms with Crippen molar-refractivity contribution >= 4 is 27.0 Å². The number of morpholine rings is 1. The number of thiazole rings is 1. The maximum absolute atomic E-state index is 12.9. The topological polar surface area (TPSA) is 73.1 Å². The van der Waals surface area contributed by atoms with Crippen LogP contribution in [0.1, 0.15) is 5.56 Å². The van der Waals surface area contributed by atoms with Gasteiger partial charge in [0.2, 0.25) is 10.0 Å². The van der Waals surface area contributed by atoms with Crippen molar-refractivity contribution in [2.75, 3.05) is 40.0 Å². The van der Waals surface area contributed by atoms with Gasteiger partial charge in [0.25, 0.3) is 0 Å². The summed E-state index contributed by atoms with van der Waals surface area (Å²) in [6.07, 6.45) is 0. The average molecular weight is 474 g/mol. The number of methoxy groups -OCH3 is 1. The molecule has 9 heteroatoms. The van der Waals surface area contributed by atoms with E-state index in [2.05, 4.69) is 11.5 Å². The largest absolute Gasteiger partial charge is 0.383 e. The van der Waals surface area contributed by atoms with Gasteiger partial charge in [-0.25, -0.2) is 13.4 Å². The van der Waals surface area contributed by atoms with Crippen molar-refractivity contribution in [1.82, 2.24) is 8.87 Å². The molecular weight excluding hydrogens is 446 g/mol. The zero-order chi connectivity index (χ0) is 22.6. The molecular formula is C23H27N3O4S2. The van der Waals surface area contributed by atoms with Gasteiger partial charge < -0.3 is 14.0 Å². The van der Waals surface area contributed by atoms with E-state index >= 15 is 0 Å². The van der Waals surface area contributed by atoms with E-state index in [0.29, 0.717) is 44.4 Å². The molecule has 1 aromatic heterocycles. The van der Waals surface area contributed by atoms with Crippen LogP contribution in [-0.2, 0) is 26.0 Å². The van der Waals surface area contributed by atoms with Crippen molar-refractivity contribution in [1.29, 1.82) is 0 Å². The third-order valence-corrected chi connectivity index (χ3v) is 8.11. The molecule has 0 atom stereocenters. The minimum Gasteiger partial charge on any atom is -0.383 e. The number of hydrogen-bond donors (Lipinski definition) is 0. The van der Waals surface area contributed by atoms with Crippen LogP contribution in [0.4, 0.5) is 5.69 Å². The first-order valence-corrected chi connectivity index (χ1v) is 12.8. The summed E-state index contributed by atoms with van der Waals surface area (Å²) in [4.78, 5) is 5.97.